The fraction of sp³-hybridized carbons (Fsp3) is 0. The molecule has 6 nitrogen and oxygen atoms in total. The van der Waals surface area contributed by atoms with Crippen molar-refractivity contribution >= 4 is 8.25 Å². The van der Waals surface area contributed by atoms with E-state index in [0.717, 1.165) is 0 Å². The molecule has 0 aromatic heterocycles. The van der Waals surface area contributed by atoms with Crippen LogP contribution in [-0.2, 0) is 4.57 Å². The van der Waals surface area contributed by atoms with E-state index in [4.69, 9.17) is 25.4 Å². The van der Waals surface area contributed by atoms with Crippen LogP contribution in [0.1, 0.15) is 0 Å². The van der Waals surface area contributed by atoms with Crippen LogP contribution in [0.3, 0.4) is 0 Å². The minimum atomic E-state index is -3.13. The maximum Gasteiger partial charge on any atom is 0.314 e. The highest BCUT2D eigenvalue weighted by Crippen LogP contribution is 1.98. The molecule has 0 radical (unpaired) electrons. The predicted octanol–water partition coefficient (Wildman–Crippen LogP) is -0.524. The highest BCUT2D eigenvalue weighted by atomic mass is 31.1. The second-order valence-corrected chi connectivity index (χ2v) is 0.960. The van der Waals surface area contributed by atoms with Crippen molar-refractivity contribution in [1.82, 2.24) is 4.91 Å². The second-order valence-electron chi connectivity index (χ2n) is 0.394. The lowest BCUT2D eigenvalue weighted by Gasteiger charge is -1.61. The van der Waals surface area contributed by atoms with Gasteiger partial charge >= 0.3 is 8.25 Å². The molecular weight excluding hydrogens is 121 g/mol. The summed E-state index contributed by atoms with van der Waals surface area (Å²) in [6.07, 6.45) is 0. The molecular formula is H5N3O3P+. The molecule has 0 rings (SSSR count). The van der Waals surface area contributed by atoms with Gasteiger partial charge in [0.25, 0.3) is 0 Å². The molecule has 7 heteroatoms. The Bertz CT molecular complexity index is 78.2. The molecule has 0 aromatic rings. The van der Waals surface area contributed by atoms with E-state index in [1.165, 1.54) is 0 Å². The van der Waals surface area contributed by atoms with Gasteiger partial charge < -0.3 is 9.79 Å². The van der Waals surface area contributed by atoms with Gasteiger partial charge in [-0.15, -0.1) is 0 Å². The standard InChI is InChI=1S/H2N3.H3O3P/c1-3-2;1-4(2)3/h1-2H;4H,(H2,1,2,3)/q+1;. The molecule has 0 aliphatic rings. The van der Waals surface area contributed by atoms with Gasteiger partial charge in [-0.2, -0.15) is 0 Å². The Morgan fingerprint density at radius 2 is 1.43 bits per heavy atom. The van der Waals surface area contributed by atoms with E-state index in [-0.39, 0.29) is 0 Å². The normalized spacial score (nSPS) is 6.14. The first-order chi connectivity index (χ1) is 3.15. The summed E-state index contributed by atoms with van der Waals surface area (Å²) in [5.41, 5.74) is 11.0. The molecule has 0 fully saturated rings. The lowest BCUT2D eigenvalue weighted by atomic mass is 13.0. The molecule has 0 heterocycles. The van der Waals surface area contributed by atoms with Crippen molar-refractivity contribution in [1.29, 1.82) is 11.1 Å². The van der Waals surface area contributed by atoms with E-state index in [2.05, 4.69) is 0 Å². The monoisotopic (exact) mass is 126 g/mol. The SMILES string of the molecule is N=[N+]=N.O=[PH](O)O. The summed E-state index contributed by atoms with van der Waals surface area (Å²) < 4.78 is 8.74. The lowest BCUT2D eigenvalue weighted by Crippen LogP contribution is -1.38. The zero-order valence-electron chi connectivity index (χ0n) is 3.25. The van der Waals surface area contributed by atoms with Crippen molar-refractivity contribution in [3.05, 3.63) is 0 Å². The van der Waals surface area contributed by atoms with E-state index in [1.807, 2.05) is 4.91 Å². The molecule has 0 amide bonds. The summed E-state index contributed by atoms with van der Waals surface area (Å²) in [5.74, 6) is 0. The maximum absolute atomic E-state index is 8.74. The number of nitrogens with zero attached hydrogens (tertiary/aromatic N) is 1. The van der Waals surface area contributed by atoms with Crippen LogP contribution in [0.15, 0.2) is 0 Å². The first kappa shape index (κ1) is 9.68. The average Bonchev–Trinajstić information content (AvgIpc) is 1.33. The third-order valence-corrected chi connectivity index (χ3v) is 0. The van der Waals surface area contributed by atoms with Crippen LogP contribution in [0.2, 0.25) is 0 Å². The van der Waals surface area contributed by atoms with Crippen LogP contribution in [0.4, 0.5) is 0 Å². The Morgan fingerprint density at radius 3 is 1.43 bits per heavy atom. The Hall–Kier alpha value is -0.540. The second kappa shape index (κ2) is 9.07. The summed E-state index contributed by atoms with van der Waals surface area (Å²) in [4.78, 5) is 16.3. The van der Waals surface area contributed by atoms with Gasteiger partial charge in [-0.05, 0) is 0 Å². The zero-order chi connectivity index (χ0) is 6.28. The van der Waals surface area contributed by atoms with Crippen molar-refractivity contribution in [2.75, 3.05) is 0 Å². The van der Waals surface area contributed by atoms with Gasteiger partial charge in [0.15, 0.2) is 0 Å². The van der Waals surface area contributed by atoms with Crippen LogP contribution in [0, 0.1) is 11.1 Å². The number of hydrogen-bond acceptors (Lipinski definition) is 3. The molecule has 0 bridgehead atoms. The smallest absolute Gasteiger partial charge is 0.314 e. The van der Waals surface area contributed by atoms with Gasteiger partial charge in [0.2, 0.25) is 4.91 Å². The third kappa shape index (κ3) is 224. The Labute approximate surface area is 39.8 Å². The fourth-order valence-corrected chi connectivity index (χ4v) is 0. The molecule has 0 aliphatic heterocycles. The summed E-state index contributed by atoms with van der Waals surface area (Å²) in [5, 5.41) is 0. The lowest BCUT2D eigenvalue weighted by molar-refractivity contribution is 0.405. The van der Waals surface area contributed by atoms with Gasteiger partial charge in [-0.1, -0.05) is 0 Å². The predicted molar refractivity (Wildman–Crippen MR) is 21.0 cm³/mol. The molecule has 0 atom stereocenters. The molecule has 7 heavy (non-hydrogen) atoms. The van der Waals surface area contributed by atoms with Crippen LogP contribution < -0.4 is 4.91 Å². The molecule has 0 unspecified atom stereocenters. The molecule has 0 spiro atoms. The Balaban J connectivity index is 0. The Kier molecular flexibility index (Phi) is 12.5. The molecule has 0 aromatic carbocycles. The summed E-state index contributed by atoms with van der Waals surface area (Å²) >= 11 is 0. The fourth-order valence-electron chi connectivity index (χ4n) is 0. The van der Waals surface area contributed by atoms with Gasteiger partial charge in [0.1, 0.15) is 11.1 Å². The van der Waals surface area contributed by atoms with E-state index < -0.39 is 8.25 Å². The van der Waals surface area contributed by atoms with E-state index in [9.17, 15) is 0 Å². The van der Waals surface area contributed by atoms with Gasteiger partial charge in [0.05, 0.1) is 0 Å². The maximum atomic E-state index is 8.74. The number of nitrogens with one attached hydrogen (secondary N) is 2. The topological polar surface area (TPSA) is 119 Å². The number of hydrogen-bond donors (Lipinski definition) is 4. The van der Waals surface area contributed by atoms with Crippen LogP contribution in [0.5, 0.6) is 0 Å². The van der Waals surface area contributed by atoms with Gasteiger partial charge in [-0.3, -0.25) is 4.57 Å². The van der Waals surface area contributed by atoms with Crippen LogP contribution in [0.25, 0.3) is 0 Å². The minimum Gasteiger partial charge on any atom is -0.326 e. The van der Waals surface area contributed by atoms with Crippen LogP contribution in [-0.4, -0.2) is 9.79 Å². The minimum absolute atomic E-state index is 2.00. The van der Waals surface area contributed by atoms with E-state index in [0.29, 0.717) is 0 Å². The van der Waals surface area contributed by atoms with E-state index >= 15 is 0 Å². The largest absolute Gasteiger partial charge is 0.326 e. The Morgan fingerprint density at radius 1 is 1.43 bits per heavy atom. The highest BCUT2D eigenvalue weighted by molar-refractivity contribution is 7.30. The summed E-state index contributed by atoms with van der Waals surface area (Å²) in [6, 6.07) is 0. The quantitative estimate of drug-likeness (QED) is 0.198. The van der Waals surface area contributed by atoms with Crippen molar-refractivity contribution in [3.63, 3.8) is 0 Å². The molecule has 0 saturated heterocycles. The van der Waals surface area contributed by atoms with Crippen molar-refractivity contribution < 1.29 is 14.4 Å². The van der Waals surface area contributed by atoms with Crippen LogP contribution >= 0.6 is 8.25 Å². The summed E-state index contributed by atoms with van der Waals surface area (Å²) in [6.45, 7) is 0. The van der Waals surface area contributed by atoms with Gasteiger partial charge in [0, 0.05) is 0 Å². The zero-order valence-corrected chi connectivity index (χ0v) is 4.25. The molecule has 42 valence electrons. The van der Waals surface area contributed by atoms with Crippen molar-refractivity contribution in [3.8, 4) is 0 Å². The highest BCUT2D eigenvalue weighted by Gasteiger charge is 1.61. The molecule has 0 aliphatic carbocycles. The average molecular weight is 126 g/mol. The van der Waals surface area contributed by atoms with Gasteiger partial charge in [-0.25, -0.2) is 0 Å². The number of rotatable bonds is 0. The third-order valence-electron chi connectivity index (χ3n) is 0. The van der Waals surface area contributed by atoms with Crippen molar-refractivity contribution in [2.24, 2.45) is 0 Å². The van der Waals surface area contributed by atoms with Crippen molar-refractivity contribution in [2.45, 2.75) is 0 Å². The van der Waals surface area contributed by atoms with E-state index in [1.54, 1.807) is 0 Å². The molecule has 4 N–H and O–H groups in total. The first-order valence-corrected chi connectivity index (χ1v) is 2.40. The summed E-state index contributed by atoms with van der Waals surface area (Å²) in [7, 11) is -3.13. The first-order valence-electron chi connectivity index (χ1n) is 1.10. The molecule has 0 saturated carbocycles.